The van der Waals surface area contributed by atoms with Gasteiger partial charge in [-0.1, -0.05) is 0 Å². The Morgan fingerprint density at radius 2 is 2.05 bits per heavy atom. The number of halogens is 1. The molecule has 1 aromatic carbocycles. The van der Waals surface area contributed by atoms with E-state index in [0.717, 1.165) is 17.0 Å². The van der Waals surface area contributed by atoms with Crippen molar-refractivity contribution < 1.29 is 14.2 Å². The third-order valence-electron chi connectivity index (χ3n) is 3.22. The molecule has 0 amide bonds. The van der Waals surface area contributed by atoms with Crippen molar-refractivity contribution in [1.29, 1.82) is 0 Å². The predicted octanol–water partition coefficient (Wildman–Crippen LogP) is 1.70. The van der Waals surface area contributed by atoms with Crippen molar-refractivity contribution in [3.05, 3.63) is 47.0 Å². The maximum atomic E-state index is 12.7. The first-order chi connectivity index (χ1) is 10.1. The molecule has 5 nitrogen and oxygen atoms in total. The zero-order valence-electron chi connectivity index (χ0n) is 12.2. The largest absolute Gasteiger partial charge is 0.491 e. The average Bonchev–Trinajstić information content (AvgIpc) is 2.78. The SMILES string of the molecule is Cc1n[nH]c(C)c1CNC[C@H](O)COc1ccc(F)cc1. The third kappa shape index (κ3) is 4.54. The van der Waals surface area contributed by atoms with Gasteiger partial charge in [-0.15, -0.1) is 0 Å². The standard InChI is InChI=1S/C15H20FN3O2/c1-10-15(11(2)19-18-10)8-17-7-13(20)9-21-14-5-3-12(16)4-6-14/h3-6,13,17,20H,7-9H2,1-2H3,(H,18,19)/t13-/m0/s1. The van der Waals surface area contributed by atoms with Crippen LogP contribution in [0.2, 0.25) is 0 Å². The summed E-state index contributed by atoms with van der Waals surface area (Å²) in [5.74, 6) is 0.229. The number of aromatic amines is 1. The Labute approximate surface area is 123 Å². The maximum absolute atomic E-state index is 12.7. The molecule has 1 atom stereocenters. The summed E-state index contributed by atoms with van der Waals surface area (Å²) in [7, 11) is 0. The molecule has 0 aliphatic carbocycles. The van der Waals surface area contributed by atoms with Gasteiger partial charge < -0.3 is 15.2 Å². The van der Waals surface area contributed by atoms with Gasteiger partial charge in [0.25, 0.3) is 0 Å². The molecule has 0 aliphatic rings. The number of aliphatic hydroxyl groups is 1. The van der Waals surface area contributed by atoms with Crippen molar-refractivity contribution in [2.75, 3.05) is 13.2 Å². The topological polar surface area (TPSA) is 70.2 Å². The molecule has 0 aliphatic heterocycles. The molecule has 0 saturated heterocycles. The van der Waals surface area contributed by atoms with Crippen LogP contribution in [0.25, 0.3) is 0 Å². The van der Waals surface area contributed by atoms with Gasteiger partial charge in [0, 0.05) is 24.3 Å². The minimum atomic E-state index is -0.637. The number of benzene rings is 1. The Hall–Kier alpha value is -1.92. The fourth-order valence-electron chi connectivity index (χ4n) is 1.98. The number of hydrogen-bond acceptors (Lipinski definition) is 4. The lowest BCUT2D eigenvalue weighted by molar-refractivity contribution is 0.106. The second-order valence-corrected chi connectivity index (χ2v) is 4.96. The van der Waals surface area contributed by atoms with Crippen molar-refractivity contribution in [2.45, 2.75) is 26.5 Å². The summed E-state index contributed by atoms with van der Waals surface area (Å²) in [4.78, 5) is 0. The molecular weight excluding hydrogens is 273 g/mol. The minimum absolute atomic E-state index is 0.155. The van der Waals surface area contributed by atoms with E-state index in [4.69, 9.17) is 4.74 Å². The molecule has 0 bridgehead atoms. The quantitative estimate of drug-likeness (QED) is 0.726. The lowest BCUT2D eigenvalue weighted by Gasteiger charge is -2.13. The molecule has 0 saturated carbocycles. The van der Waals surface area contributed by atoms with Crippen molar-refractivity contribution in [1.82, 2.24) is 15.5 Å². The minimum Gasteiger partial charge on any atom is -0.491 e. The molecule has 2 rings (SSSR count). The number of aryl methyl sites for hydroxylation is 2. The summed E-state index contributed by atoms with van der Waals surface area (Å²) in [6, 6.07) is 5.72. The fraction of sp³-hybridized carbons (Fsp3) is 0.400. The van der Waals surface area contributed by atoms with E-state index < -0.39 is 6.10 Å². The van der Waals surface area contributed by atoms with Crippen LogP contribution < -0.4 is 10.1 Å². The van der Waals surface area contributed by atoms with E-state index in [1.165, 1.54) is 24.3 Å². The first-order valence-electron chi connectivity index (χ1n) is 6.84. The number of nitrogens with one attached hydrogen (secondary N) is 2. The van der Waals surface area contributed by atoms with E-state index in [9.17, 15) is 9.50 Å². The van der Waals surface area contributed by atoms with Crippen molar-refractivity contribution in [2.24, 2.45) is 0 Å². The Morgan fingerprint density at radius 3 is 2.67 bits per heavy atom. The molecule has 1 aromatic heterocycles. The molecule has 2 aromatic rings. The van der Waals surface area contributed by atoms with Gasteiger partial charge >= 0.3 is 0 Å². The average molecular weight is 293 g/mol. The highest BCUT2D eigenvalue weighted by molar-refractivity contribution is 5.23. The van der Waals surface area contributed by atoms with E-state index in [-0.39, 0.29) is 12.4 Å². The Morgan fingerprint density at radius 1 is 1.33 bits per heavy atom. The number of aromatic nitrogens is 2. The molecule has 6 heteroatoms. The number of H-pyrrole nitrogens is 1. The molecule has 0 spiro atoms. The summed E-state index contributed by atoms with van der Waals surface area (Å²) in [5, 5.41) is 20.0. The summed E-state index contributed by atoms with van der Waals surface area (Å²) in [5.41, 5.74) is 3.09. The van der Waals surface area contributed by atoms with Crippen LogP contribution in [-0.2, 0) is 6.54 Å². The number of nitrogens with zero attached hydrogens (tertiary/aromatic N) is 1. The molecule has 114 valence electrons. The third-order valence-corrected chi connectivity index (χ3v) is 3.22. The van der Waals surface area contributed by atoms with E-state index >= 15 is 0 Å². The zero-order chi connectivity index (χ0) is 15.2. The van der Waals surface area contributed by atoms with Crippen molar-refractivity contribution in [3.8, 4) is 5.75 Å². The van der Waals surface area contributed by atoms with Gasteiger partial charge in [0.05, 0.1) is 5.69 Å². The first-order valence-corrected chi connectivity index (χ1v) is 6.84. The summed E-state index contributed by atoms with van der Waals surface area (Å²) >= 11 is 0. The zero-order valence-corrected chi connectivity index (χ0v) is 12.2. The second-order valence-electron chi connectivity index (χ2n) is 4.96. The van der Waals surface area contributed by atoms with Crippen LogP contribution in [0.5, 0.6) is 5.75 Å². The van der Waals surface area contributed by atoms with Crippen molar-refractivity contribution >= 4 is 0 Å². The van der Waals surface area contributed by atoms with Crippen LogP contribution in [-0.4, -0.2) is 34.6 Å². The number of aliphatic hydroxyl groups excluding tert-OH is 1. The first kappa shape index (κ1) is 15.5. The van der Waals surface area contributed by atoms with Gasteiger partial charge in [0.1, 0.15) is 24.3 Å². The van der Waals surface area contributed by atoms with E-state index in [2.05, 4.69) is 15.5 Å². The molecule has 3 N–H and O–H groups in total. The highest BCUT2D eigenvalue weighted by Gasteiger charge is 2.08. The van der Waals surface area contributed by atoms with Crippen LogP contribution in [0.1, 0.15) is 17.0 Å². The molecule has 1 heterocycles. The Bertz CT molecular complexity index is 549. The van der Waals surface area contributed by atoms with Crippen LogP contribution in [0, 0.1) is 19.7 Å². The molecule has 21 heavy (non-hydrogen) atoms. The maximum Gasteiger partial charge on any atom is 0.123 e. The molecule has 0 radical (unpaired) electrons. The van der Waals surface area contributed by atoms with Gasteiger partial charge in [-0.25, -0.2) is 4.39 Å². The van der Waals surface area contributed by atoms with Gasteiger partial charge in [0.15, 0.2) is 0 Å². The highest BCUT2D eigenvalue weighted by Crippen LogP contribution is 2.11. The lowest BCUT2D eigenvalue weighted by Crippen LogP contribution is -2.31. The van der Waals surface area contributed by atoms with E-state index in [1.54, 1.807) is 0 Å². The van der Waals surface area contributed by atoms with Crippen molar-refractivity contribution in [3.63, 3.8) is 0 Å². The van der Waals surface area contributed by atoms with Crippen LogP contribution in [0.4, 0.5) is 4.39 Å². The van der Waals surface area contributed by atoms with E-state index in [1.807, 2.05) is 13.8 Å². The van der Waals surface area contributed by atoms with Crippen LogP contribution in [0.15, 0.2) is 24.3 Å². The van der Waals surface area contributed by atoms with Crippen LogP contribution >= 0.6 is 0 Å². The number of hydrogen-bond donors (Lipinski definition) is 3. The summed E-state index contributed by atoms with van der Waals surface area (Å²) in [6.07, 6.45) is -0.637. The van der Waals surface area contributed by atoms with Crippen LogP contribution in [0.3, 0.4) is 0 Å². The Balaban J connectivity index is 1.70. The van der Waals surface area contributed by atoms with Gasteiger partial charge in [-0.3, -0.25) is 5.10 Å². The fourth-order valence-corrected chi connectivity index (χ4v) is 1.98. The second kappa shape index (κ2) is 7.19. The monoisotopic (exact) mass is 293 g/mol. The summed E-state index contributed by atoms with van der Waals surface area (Å²) < 4.78 is 18.1. The highest BCUT2D eigenvalue weighted by atomic mass is 19.1. The number of rotatable bonds is 7. The Kier molecular flexibility index (Phi) is 5.30. The smallest absolute Gasteiger partial charge is 0.123 e. The molecule has 0 fully saturated rings. The molecular formula is C15H20FN3O2. The number of ether oxygens (including phenoxy) is 1. The molecule has 0 unspecified atom stereocenters. The lowest BCUT2D eigenvalue weighted by atomic mass is 10.2. The summed E-state index contributed by atoms with van der Waals surface area (Å²) in [6.45, 7) is 5.11. The predicted molar refractivity (Wildman–Crippen MR) is 77.7 cm³/mol. The van der Waals surface area contributed by atoms with Gasteiger partial charge in [-0.05, 0) is 38.1 Å². The van der Waals surface area contributed by atoms with E-state index in [0.29, 0.717) is 18.8 Å². The van der Waals surface area contributed by atoms with Gasteiger partial charge in [-0.2, -0.15) is 5.10 Å². The normalized spacial score (nSPS) is 12.4. The van der Waals surface area contributed by atoms with Gasteiger partial charge in [0.2, 0.25) is 0 Å².